The first kappa shape index (κ1) is 10.3. The second-order valence-corrected chi connectivity index (χ2v) is 4.61. The van der Waals surface area contributed by atoms with Gasteiger partial charge in [0.25, 0.3) is 5.56 Å². The Morgan fingerprint density at radius 3 is 3.00 bits per heavy atom. The molecule has 0 aliphatic carbocycles. The predicted octanol–water partition coefficient (Wildman–Crippen LogP) is 2.51. The van der Waals surface area contributed by atoms with Gasteiger partial charge in [0.05, 0.1) is 10.9 Å². The van der Waals surface area contributed by atoms with Crippen LogP contribution in [-0.2, 0) is 6.42 Å². The van der Waals surface area contributed by atoms with Crippen LogP contribution >= 0.6 is 0 Å². The summed E-state index contributed by atoms with van der Waals surface area (Å²) in [5.74, 6) is 0.850. The van der Waals surface area contributed by atoms with Gasteiger partial charge in [0.1, 0.15) is 5.82 Å². The van der Waals surface area contributed by atoms with Crippen LogP contribution < -0.4 is 5.56 Å². The van der Waals surface area contributed by atoms with Gasteiger partial charge in [-0.05, 0) is 31.9 Å². The molecule has 0 unspecified atom stereocenters. The van der Waals surface area contributed by atoms with Crippen molar-refractivity contribution < 1.29 is 0 Å². The van der Waals surface area contributed by atoms with E-state index in [0.717, 1.165) is 41.9 Å². The Balaban J connectivity index is 2.44. The molecule has 1 aliphatic rings. The monoisotopic (exact) mass is 226 g/mol. The number of rotatable bonds is 0. The van der Waals surface area contributed by atoms with E-state index in [1.807, 2.05) is 25.1 Å². The van der Waals surface area contributed by atoms with Crippen molar-refractivity contribution in [1.82, 2.24) is 9.55 Å². The van der Waals surface area contributed by atoms with E-state index in [1.165, 1.54) is 0 Å². The highest BCUT2D eigenvalue weighted by atomic mass is 16.1. The van der Waals surface area contributed by atoms with E-state index in [4.69, 9.17) is 0 Å². The number of nitrogens with zero attached hydrogens (tertiary/aromatic N) is 2. The average molecular weight is 226 g/mol. The lowest BCUT2D eigenvalue weighted by Gasteiger charge is -2.20. The standard InChI is InChI=1S/C14H14N2O/c1-9-6-7-12-11(8-9)14(17)16-10(2)4-3-5-13(16)15-12/h6-8H,2-5H2,1H3. The molecule has 2 heterocycles. The maximum atomic E-state index is 12.4. The summed E-state index contributed by atoms with van der Waals surface area (Å²) in [6.07, 6.45) is 2.77. The molecule has 86 valence electrons. The van der Waals surface area contributed by atoms with Crippen LogP contribution in [-0.4, -0.2) is 9.55 Å². The molecule has 0 saturated heterocycles. The summed E-state index contributed by atoms with van der Waals surface area (Å²) >= 11 is 0. The number of fused-ring (bicyclic) bond motifs is 2. The van der Waals surface area contributed by atoms with E-state index >= 15 is 0 Å². The zero-order chi connectivity index (χ0) is 12.0. The van der Waals surface area contributed by atoms with Gasteiger partial charge < -0.3 is 0 Å². The minimum Gasteiger partial charge on any atom is -0.269 e. The molecule has 0 spiro atoms. The van der Waals surface area contributed by atoms with Crippen molar-refractivity contribution in [2.24, 2.45) is 0 Å². The fraction of sp³-hybridized carbons (Fsp3) is 0.286. The molecule has 0 amide bonds. The molecule has 0 radical (unpaired) electrons. The highest BCUT2D eigenvalue weighted by Crippen LogP contribution is 2.21. The number of aromatic nitrogens is 2. The molecule has 0 fully saturated rings. The van der Waals surface area contributed by atoms with Gasteiger partial charge in [-0.1, -0.05) is 18.2 Å². The van der Waals surface area contributed by atoms with Crippen molar-refractivity contribution in [3.8, 4) is 0 Å². The third kappa shape index (κ3) is 1.50. The summed E-state index contributed by atoms with van der Waals surface area (Å²) in [6.45, 7) is 5.95. The molecule has 3 rings (SSSR count). The first-order valence-electron chi connectivity index (χ1n) is 5.87. The lowest BCUT2D eigenvalue weighted by atomic mass is 10.1. The van der Waals surface area contributed by atoms with Crippen molar-refractivity contribution in [2.45, 2.75) is 26.2 Å². The highest BCUT2D eigenvalue weighted by molar-refractivity contribution is 5.79. The molecule has 0 N–H and O–H groups in total. The maximum absolute atomic E-state index is 12.4. The molecule has 1 aliphatic heterocycles. The van der Waals surface area contributed by atoms with Crippen molar-refractivity contribution >= 4 is 16.6 Å². The largest absolute Gasteiger partial charge is 0.269 e. The predicted molar refractivity (Wildman–Crippen MR) is 69.0 cm³/mol. The van der Waals surface area contributed by atoms with E-state index in [0.29, 0.717) is 5.39 Å². The molecule has 0 saturated carbocycles. The third-order valence-electron chi connectivity index (χ3n) is 3.28. The normalized spacial score (nSPS) is 15.0. The highest BCUT2D eigenvalue weighted by Gasteiger charge is 2.17. The first-order chi connectivity index (χ1) is 8.16. The zero-order valence-corrected chi connectivity index (χ0v) is 9.86. The third-order valence-corrected chi connectivity index (χ3v) is 3.28. The Morgan fingerprint density at radius 2 is 2.18 bits per heavy atom. The lowest BCUT2D eigenvalue weighted by molar-refractivity contribution is 0.683. The van der Waals surface area contributed by atoms with E-state index in [1.54, 1.807) is 4.57 Å². The van der Waals surface area contributed by atoms with Gasteiger partial charge in [0, 0.05) is 12.1 Å². The molecular formula is C14H14N2O. The van der Waals surface area contributed by atoms with Crippen LogP contribution in [0, 0.1) is 6.92 Å². The Bertz CT molecular complexity index is 682. The summed E-state index contributed by atoms with van der Waals surface area (Å²) in [6, 6.07) is 5.81. The smallest absolute Gasteiger partial charge is 0.265 e. The van der Waals surface area contributed by atoms with Crippen molar-refractivity contribution in [1.29, 1.82) is 0 Å². The number of benzene rings is 1. The van der Waals surface area contributed by atoms with Crippen molar-refractivity contribution in [3.63, 3.8) is 0 Å². The van der Waals surface area contributed by atoms with Gasteiger partial charge in [0.15, 0.2) is 0 Å². The molecular weight excluding hydrogens is 212 g/mol. The molecule has 2 aromatic rings. The van der Waals surface area contributed by atoms with Crippen LogP contribution in [0.3, 0.4) is 0 Å². The van der Waals surface area contributed by atoms with Crippen LogP contribution in [0.15, 0.2) is 29.6 Å². The molecule has 0 bridgehead atoms. The van der Waals surface area contributed by atoms with Crippen LogP contribution in [0.5, 0.6) is 0 Å². The Morgan fingerprint density at radius 1 is 1.35 bits per heavy atom. The van der Waals surface area contributed by atoms with Gasteiger partial charge in [-0.25, -0.2) is 4.98 Å². The van der Waals surface area contributed by atoms with Gasteiger partial charge in [-0.15, -0.1) is 0 Å². The SMILES string of the molecule is C=C1CCCc2nc3ccc(C)cc3c(=O)n21. The Labute approximate surface area is 99.4 Å². The first-order valence-corrected chi connectivity index (χ1v) is 5.87. The zero-order valence-electron chi connectivity index (χ0n) is 9.86. The summed E-state index contributed by atoms with van der Waals surface area (Å²) < 4.78 is 1.69. The summed E-state index contributed by atoms with van der Waals surface area (Å²) in [4.78, 5) is 17.0. The molecule has 1 aromatic carbocycles. The number of hydrogen-bond acceptors (Lipinski definition) is 2. The van der Waals surface area contributed by atoms with Gasteiger partial charge >= 0.3 is 0 Å². The van der Waals surface area contributed by atoms with E-state index in [9.17, 15) is 4.79 Å². The lowest BCUT2D eigenvalue weighted by Crippen LogP contribution is -2.27. The number of allylic oxidation sites excluding steroid dienone is 1. The van der Waals surface area contributed by atoms with Gasteiger partial charge in [0.2, 0.25) is 0 Å². The van der Waals surface area contributed by atoms with Crippen LogP contribution in [0.1, 0.15) is 24.2 Å². The summed E-state index contributed by atoms with van der Waals surface area (Å²) in [5, 5.41) is 0.691. The van der Waals surface area contributed by atoms with Crippen LogP contribution in [0.4, 0.5) is 0 Å². The molecule has 1 aromatic heterocycles. The van der Waals surface area contributed by atoms with Gasteiger partial charge in [-0.2, -0.15) is 0 Å². The summed E-state index contributed by atoms with van der Waals surface area (Å²) in [5.41, 5.74) is 2.77. The topological polar surface area (TPSA) is 34.9 Å². The summed E-state index contributed by atoms with van der Waals surface area (Å²) in [7, 11) is 0. The molecule has 0 atom stereocenters. The molecule has 17 heavy (non-hydrogen) atoms. The Hall–Kier alpha value is -1.90. The second kappa shape index (κ2) is 3.55. The molecule has 3 nitrogen and oxygen atoms in total. The van der Waals surface area contributed by atoms with Gasteiger partial charge in [-0.3, -0.25) is 9.36 Å². The van der Waals surface area contributed by atoms with Crippen LogP contribution in [0.2, 0.25) is 0 Å². The minimum absolute atomic E-state index is 0.0263. The quantitative estimate of drug-likeness (QED) is 0.691. The fourth-order valence-corrected chi connectivity index (χ4v) is 2.40. The second-order valence-electron chi connectivity index (χ2n) is 4.61. The molecule has 3 heteroatoms. The van der Waals surface area contributed by atoms with E-state index < -0.39 is 0 Å². The van der Waals surface area contributed by atoms with E-state index in [2.05, 4.69) is 11.6 Å². The van der Waals surface area contributed by atoms with Crippen molar-refractivity contribution in [3.05, 3.63) is 46.5 Å². The van der Waals surface area contributed by atoms with Crippen LogP contribution in [0.25, 0.3) is 16.6 Å². The minimum atomic E-state index is 0.0263. The number of aryl methyl sites for hydroxylation is 2. The maximum Gasteiger partial charge on any atom is 0.265 e. The van der Waals surface area contributed by atoms with Crippen molar-refractivity contribution in [2.75, 3.05) is 0 Å². The fourth-order valence-electron chi connectivity index (χ4n) is 2.40. The Kier molecular flexibility index (Phi) is 2.15. The average Bonchev–Trinajstić information content (AvgIpc) is 2.30. The number of hydrogen-bond donors (Lipinski definition) is 0. The van der Waals surface area contributed by atoms with E-state index in [-0.39, 0.29) is 5.56 Å².